The highest BCUT2D eigenvalue weighted by molar-refractivity contribution is 5.85. The molecule has 2 amide bonds. The molecule has 30 heavy (non-hydrogen) atoms. The summed E-state index contributed by atoms with van der Waals surface area (Å²) in [5.74, 6) is 2.25. The van der Waals surface area contributed by atoms with Gasteiger partial charge in [-0.2, -0.15) is 0 Å². The normalized spacial score (nSPS) is 23.4. The Bertz CT molecular complexity index is 576. The lowest BCUT2D eigenvalue weighted by molar-refractivity contribution is -0.135. The fourth-order valence-corrected chi connectivity index (χ4v) is 4.20. The number of likely N-dealkylation sites (tertiary alicyclic amines) is 1. The molecule has 2 unspecified atom stereocenters. The van der Waals surface area contributed by atoms with Gasteiger partial charge in [0.2, 0.25) is 11.8 Å². The zero-order chi connectivity index (χ0) is 22.1. The summed E-state index contributed by atoms with van der Waals surface area (Å²) < 4.78 is 0. The van der Waals surface area contributed by atoms with Crippen LogP contribution in [0.25, 0.3) is 0 Å². The number of nitrogens with one attached hydrogen (secondary N) is 1. The second kappa shape index (κ2) is 12.1. The van der Waals surface area contributed by atoms with Crippen LogP contribution in [0.15, 0.2) is 4.99 Å². The van der Waals surface area contributed by atoms with Crippen molar-refractivity contribution < 1.29 is 9.59 Å². The number of piperazine rings is 1. The van der Waals surface area contributed by atoms with Gasteiger partial charge >= 0.3 is 0 Å². The summed E-state index contributed by atoms with van der Waals surface area (Å²) in [7, 11) is 3.50. The number of nitrogens with zero attached hydrogens (tertiary/aromatic N) is 5. The van der Waals surface area contributed by atoms with Crippen LogP contribution in [0.1, 0.15) is 40.0 Å². The first-order chi connectivity index (χ1) is 14.3. The van der Waals surface area contributed by atoms with E-state index in [0.29, 0.717) is 18.4 Å². The number of carbonyl (C=O) groups excluding carboxylic acids is 2. The average Bonchev–Trinajstić information content (AvgIpc) is 2.70. The van der Waals surface area contributed by atoms with Crippen molar-refractivity contribution in [1.82, 2.24) is 24.9 Å². The lowest BCUT2D eigenvalue weighted by Crippen LogP contribution is -2.55. The number of hydrogen-bond donors (Lipinski definition) is 1. The molecular formula is C22H42N6O2. The summed E-state index contributed by atoms with van der Waals surface area (Å²) in [5, 5.41) is 3.41. The predicted octanol–water partition coefficient (Wildman–Crippen LogP) is 0.942. The van der Waals surface area contributed by atoms with E-state index in [9.17, 15) is 9.59 Å². The number of aliphatic imine (C=N–C) groups is 1. The third-order valence-electron chi connectivity index (χ3n) is 5.93. The van der Waals surface area contributed by atoms with Crippen molar-refractivity contribution in [2.75, 3.05) is 73.0 Å². The number of piperidine rings is 1. The molecule has 172 valence electrons. The van der Waals surface area contributed by atoms with Gasteiger partial charge in [0.25, 0.3) is 0 Å². The first-order valence-corrected chi connectivity index (χ1v) is 11.5. The molecule has 0 aromatic carbocycles. The van der Waals surface area contributed by atoms with Crippen LogP contribution in [0, 0.1) is 11.8 Å². The molecule has 1 N–H and O–H groups in total. The third-order valence-corrected chi connectivity index (χ3v) is 5.93. The molecule has 8 heteroatoms. The molecule has 2 aliphatic rings. The van der Waals surface area contributed by atoms with Crippen molar-refractivity contribution in [2.45, 2.75) is 40.0 Å². The topological polar surface area (TPSA) is 71.5 Å². The number of rotatable bonds is 7. The summed E-state index contributed by atoms with van der Waals surface area (Å²) in [6.07, 6.45) is 3.40. The van der Waals surface area contributed by atoms with Crippen LogP contribution < -0.4 is 5.32 Å². The summed E-state index contributed by atoms with van der Waals surface area (Å²) in [6.45, 7) is 13.2. The highest BCUT2D eigenvalue weighted by atomic mass is 16.2. The molecule has 0 spiro atoms. The first-order valence-electron chi connectivity index (χ1n) is 11.5. The van der Waals surface area contributed by atoms with Gasteiger partial charge in [0, 0.05) is 59.9 Å². The largest absolute Gasteiger partial charge is 0.356 e. The zero-order valence-electron chi connectivity index (χ0n) is 19.7. The van der Waals surface area contributed by atoms with Crippen LogP contribution >= 0.6 is 0 Å². The van der Waals surface area contributed by atoms with Gasteiger partial charge in [0.1, 0.15) is 6.54 Å². The number of hydrogen-bond acceptors (Lipinski definition) is 4. The van der Waals surface area contributed by atoms with E-state index in [2.05, 4.69) is 45.8 Å². The van der Waals surface area contributed by atoms with Gasteiger partial charge in [0.15, 0.2) is 5.96 Å². The number of amides is 2. The number of guanidine groups is 1. The van der Waals surface area contributed by atoms with E-state index in [0.717, 1.165) is 64.6 Å². The van der Waals surface area contributed by atoms with Gasteiger partial charge in [-0.05, 0) is 24.7 Å². The van der Waals surface area contributed by atoms with E-state index < -0.39 is 0 Å². The third kappa shape index (κ3) is 7.78. The molecule has 2 saturated heterocycles. The van der Waals surface area contributed by atoms with Crippen LogP contribution in [0.5, 0.6) is 0 Å². The molecule has 2 aliphatic heterocycles. The fourth-order valence-electron chi connectivity index (χ4n) is 4.20. The number of unbranched alkanes of at least 4 members (excludes halogenated alkanes) is 1. The van der Waals surface area contributed by atoms with Gasteiger partial charge < -0.3 is 20.0 Å². The maximum atomic E-state index is 12.8. The molecule has 0 bridgehead atoms. The van der Waals surface area contributed by atoms with Crippen LogP contribution in [-0.2, 0) is 9.59 Å². The van der Waals surface area contributed by atoms with Crippen molar-refractivity contribution in [3.63, 3.8) is 0 Å². The molecule has 8 nitrogen and oxygen atoms in total. The number of likely N-dealkylation sites (N-methyl/N-ethyl adjacent to an activating group) is 1. The van der Waals surface area contributed by atoms with Gasteiger partial charge in [-0.1, -0.05) is 27.2 Å². The molecule has 2 atom stereocenters. The fraction of sp³-hybridized carbons (Fsp3) is 0.864. The minimum Gasteiger partial charge on any atom is -0.356 e. The van der Waals surface area contributed by atoms with Crippen LogP contribution in [0.4, 0.5) is 0 Å². The predicted molar refractivity (Wildman–Crippen MR) is 121 cm³/mol. The average molecular weight is 423 g/mol. The minimum atomic E-state index is -0.000914. The maximum absolute atomic E-state index is 12.8. The Balaban J connectivity index is 1.86. The Kier molecular flexibility index (Phi) is 9.88. The summed E-state index contributed by atoms with van der Waals surface area (Å²) in [6, 6.07) is 0. The van der Waals surface area contributed by atoms with E-state index in [-0.39, 0.29) is 18.4 Å². The van der Waals surface area contributed by atoms with Gasteiger partial charge in [-0.3, -0.25) is 14.5 Å². The molecule has 0 aliphatic carbocycles. The van der Waals surface area contributed by atoms with E-state index in [1.165, 1.54) is 6.42 Å². The van der Waals surface area contributed by atoms with Crippen molar-refractivity contribution in [3.8, 4) is 0 Å². The molecule has 2 heterocycles. The Morgan fingerprint density at radius 1 is 1.03 bits per heavy atom. The lowest BCUT2D eigenvalue weighted by Gasteiger charge is -2.39. The van der Waals surface area contributed by atoms with Gasteiger partial charge in [0.05, 0.1) is 6.54 Å². The Hall–Kier alpha value is -1.83. The molecule has 0 aromatic rings. The first kappa shape index (κ1) is 24.4. The zero-order valence-corrected chi connectivity index (χ0v) is 19.7. The van der Waals surface area contributed by atoms with Crippen molar-refractivity contribution in [2.24, 2.45) is 16.8 Å². The van der Waals surface area contributed by atoms with Crippen LogP contribution in [0.2, 0.25) is 0 Å². The van der Waals surface area contributed by atoms with Gasteiger partial charge in [-0.15, -0.1) is 0 Å². The monoisotopic (exact) mass is 422 g/mol. The smallest absolute Gasteiger partial charge is 0.243 e. The standard InChI is InChI=1S/C22H42N6O2/c1-6-7-8-23-22(24-14-20(29)25(4)5)27-11-9-26(10-12-27)17-21(30)28-15-18(2)13-19(3)16-28/h18-19H,6-17H2,1-5H3,(H,23,24). The second-order valence-electron chi connectivity index (χ2n) is 9.22. The Morgan fingerprint density at radius 3 is 2.23 bits per heavy atom. The molecular weight excluding hydrogens is 380 g/mol. The summed E-state index contributed by atoms with van der Waals surface area (Å²) >= 11 is 0. The lowest BCUT2D eigenvalue weighted by atomic mass is 9.92. The molecule has 0 saturated carbocycles. The van der Waals surface area contributed by atoms with Crippen molar-refractivity contribution in [3.05, 3.63) is 0 Å². The SMILES string of the molecule is CCCCNC(=NCC(=O)N(C)C)N1CCN(CC(=O)N2CC(C)CC(C)C2)CC1. The van der Waals surface area contributed by atoms with Crippen LogP contribution in [0.3, 0.4) is 0 Å². The van der Waals surface area contributed by atoms with Gasteiger partial charge in [-0.25, -0.2) is 4.99 Å². The van der Waals surface area contributed by atoms with E-state index >= 15 is 0 Å². The van der Waals surface area contributed by atoms with E-state index in [1.54, 1.807) is 19.0 Å². The minimum absolute atomic E-state index is 0.000914. The maximum Gasteiger partial charge on any atom is 0.243 e. The highest BCUT2D eigenvalue weighted by Crippen LogP contribution is 2.21. The molecule has 2 fully saturated rings. The second-order valence-corrected chi connectivity index (χ2v) is 9.22. The van der Waals surface area contributed by atoms with E-state index in [4.69, 9.17) is 0 Å². The number of carbonyl (C=O) groups is 2. The van der Waals surface area contributed by atoms with Crippen LogP contribution in [-0.4, -0.2) is 110 Å². The molecule has 2 rings (SSSR count). The van der Waals surface area contributed by atoms with E-state index in [1.807, 2.05) is 0 Å². The molecule has 0 radical (unpaired) electrons. The molecule has 0 aromatic heterocycles. The van der Waals surface area contributed by atoms with Crippen molar-refractivity contribution >= 4 is 17.8 Å². The Labute approximate surface area is 182 Å². The Morgan fingerprint density at radius 2 is 1.67 bits per heavy atom. The van der Waals surface area contributed by atoms with Crippen molar-refractivity contribution in [1.29, 1.82) is 0 Å². The summed E-state index contributed by atoms with van der Waals surface area (Å²) in [4.78, 5) is 37.4. The highest BCUT2D eigenvalue weighted by Gasteiger charge is 2.28. The quantitative estimate of drug-likeness (QED) is 0.376. The summed E-state index contributed by atoms with van der Waals surface area (Å²) in [5.41, 5.74) is 0.